The smallest absolute Gasteiger partial charge is 0.243 e. The molecule has 0 aliphatic carbocycles. The maximum absolute atomic E-state index is 12.6. The number of amides is 2. The van der Waals surface area contributed by atoms with Crippen LogP contribution in [0.25, 0.3) is 0 Å². The number of hydrogen-bond acceptors (Lipinski definition) is 5. The molecule has 1 aliphatic heterocycles. The third-order valence-electron chi connectivity index (χ3n) is 3.79. The third kappa shape index (κ3) is 3.09. The Balaban J connectivity index is 2.56. The van der Waals surface area contributed by atoms with Crippen molar-refractivity contribution in [2.75, 3.05) is 25.1 Å². The van der Waals surface area contributed by atoms with Crippen LogP contribution in [0, 0.1) is 0 Å². The van der Waals surface area contributed by atoms with Gasteiger partial charge in [0.15, 0.2) is 0 Å². The maximum atomic E-state index is 12.6. The normalized spacial score (nSPS) is 15.6. The summed E-state index contributed by atoms with van der Waals surface area (Å²) in [6.45, 7) is 4.17. The predicted octanol–water partition coefficient (Wildman–Crippen LogP) is 1.38. The monoisotopic (exact) mass is 340 g/mol. The SMILES string of the molecule is CCN(CC)S(=O)(=O)c1ccc(OC)c(N2C(=O)CCC2=O)c1. The molecule has 2 amide bonds. The lowest BCUT2D eigenvalue weighted by Crippen LogP contribution is -2.32. The number of imide groups is 1. The molecule has 126 valence electrons. The Labute approximate surface area is 135 Å². The molecule has 0 spiro atoms. The first kappa shape index (κ1) is 17.4. The van der Waals surface area contributed by atoms with E-state index in [9.17, 15) is 18.0 Å². The Morgan fingerprint density at radius 2 is 1.70 bits per heavy atom. The predicted molar refractivity (Wildman–Crippen MR) is 84.8 cm³/mol. The molecule has 1 aliphatic rings. The number of hydrogen-bond donors (Lipinski definition) is 0. The molecule has 0 unspecified atom stereocenters. The number of nitrogens with zero attached hydrogens (tertiary/aromatic N) is 2. The van der Waals surface area contributed by atoms with E-state index in [-0.39, 0.29) is 41.0 Å². The molecule has 0 saturated carbocycles. The number of sulfonamides is 1. The highest BCUT2D eigenvalue weighted by atomic mass is 32.2. The van der Waals surface area contributed by atoms with Crippen LogP contribution in [0.15, 0.2) is 23.1 Å². The van der Waals surface area contributed by atoms with Gasteiger partial charge in [0.2, 0.25) is 21.8 Å². The second-order valence-electron chi connectivity index (χ2n) is 5.05. The first-order chi connectivity index (χ1) is 10.9. The lowest BCUT2D eigenvalue weighted by atomic mass is 10.2. The average Bonchev–Trinajstić information content (AvgIpc) is 2.86. The Kier molecular flexibility index (Phi) is 5.06. The van der Waals surface area contributed by atoms with Crippen LogP contribution in [0.4, 0.5) is 5.69 Å². The van der Waals surface area contributed by atoms with Gasteiger partial charge in [0, 0.05) is 25.9 Å². The van der Waals surface area contributed by atoms with Gasteiger partial charge in [-0.15, -0.1) is 0 Å². The van der Waals surface area contributed by atoms with Crippen molar-refractivity contribution in [1.82, 2.24) is 4.31 Å². The second-order valence-corrected chi connectivity index (χ2v) is 6.98. The zero-order chi connectivity index (χ0) is 17.2. The van der Waals surface area contributed by atoms with Crippen LogP contribution in [0.2, 0.25) is 0 Å². The quantitative estimate of drug-likeness (QED) is 0.731. The second kappa shape index (κ2) is 6.67. The standard InChI is InChI=1S/C15H20N2O5S/c1-4-16(5-2)23(20,21)11-6-7-13(22-3)12(10-11)17-14(18)8-9-15(17)19/h6-7,10H,4-5,8-9H2,1-3H3. The van der Waals surface area contributed by atoms with E-state index < -0.39 is 10.0 Å². The highest BCUT2D eigenvalue weighted by Gasteiger charge is 2.33. The fourth-order valence-electron chi connectivity index (χ4n) is 2.56. The molecule has 1 fully saturated rings. The highest BCUT2D eigenvalue weighted by molar-refractivity contribution is 7.89. The Morgan fingerprint density at radius 1 is 1.13 bits per heavy atom. The van der Waals surface area contributed by atoms with Gasteiger partial charge in [-0.1, -0.05) is 13.8 Å². The first-order valence-corrected chi connectivity index (χ1v) is 8.84. The van der Waals surface area contributed by atoms with Crippen molar-refractivity contribution < 1.29 is 22.7 Å². The fraction of sp³-hybridized carbons (Fsp3) is 0.467. The van der Waals surface area contributed by atoms with Gasteiger partial charge in [-0.05, 0) is 18.2 Å². The van der Waals surface area contributed by atoms with Gasteiger partial charge in [-0.2, -0.15) is 4.31 Å². The van der Waals surface area contributed by atoms with Crippen LogP contribution in [-0.4, -0.2) is 44.7 Å². The minimum Gasteiger partial charge on any atom is -0.495 e. The van der Waals surface area contributed by atoms with Crippen molar-refractivity contribution in [3.8, 4) is 5.75 Å². The van der Waals surface area contributed by atoms with Crippen LogP contribution < -0.4 is 9.64 Å². The molecule has 7 nitrogen and oxygen atoms in total. The van der Waals surface area contributed by atoms with Crippen molar-refractivity contribution in [3.05, 3.63) is 18.2 Å². The summed E-state index contributed by atoms with van der Waals surface area (Å²) in [5, 5.41) is 0. The van der Waals surface area contributed by atoms with E-state index in [1.165, 1.54) is 29.6 Å². The van der Waals surface area contributed by atoms with Crippen LogP contribution in [-0.2, 0) is 19.6 Å². The minimum absolute atomic E-state index is 0.0319. The van der Waals surface area contributed by atoms with E-state index in [1.54, 1.807) is 13.8 Å². The van der Waals surface area contributed by atoms with Crippen LogP contribution in [0.1, 0.15) is 26.7 Å². The van der Waals surface area contributed by atoms with Gasteiger partial charge in [-0.3, -0.25) is 9.59 Å². The molecule has 0 aromatic heterocycles. The number of methoxy groups -OCH3 is 1. The third-order valence-corrected chi connectivity index (χ3v) is 5.83. The molecule has 23 heavy (non-hydrogen) atoms. The summed E-state index contributed by atoms with van der Waals surface area (Å²) in [4.78, 5) is 24.9. The summed E-state index contributed by atoms with van der Waals surface area (Å²) in [7, 11) is -2.28. The van der Waals surface area contributed by atoms with Gasteiger partial charge in [0.05, 0.1) is 17.7 Å². The van der Waals surface area contributed by atoms with Gasteiger partial charge < -0.3 is 4.74 Å². The number of carbonyl (C=O) groups excluding carboxylic acids is 2. The van der Waals surface area contributed by atoms with Crippen LogP contribution in [0.5, 0.6) is 5.75 Å². The minimum atomic E-state index is -3.68. The van der Waals surface area contributed by atoms with E-state index in [1.807, 2.05) is 0 Å². The van der Waals surface area contributed by atoms with Gasteiger partial charge in [0.25, 0.3) is 0 Å². The lowest BCUT2D eigenvalue weighted by Gasteiger charge is -2.21. The molecule has 1 saturated heterocycles. The van der Waals surface area contributed by atoms with Gasteiger partial charge in [0.1, 0.15) is 5.75 Å². The van der Waals surface area contributed by atoms with Crippen molar-refractivity contribution >= 4 is 27.5 Å². The van der Waals surface area contributed by atoms with E-state index in [0.29, 0.717) is 13.1 Å². The highest BCUT2D eigenvalue weighted by Crippen LogP contribution is 2.34. The fourth-order valence-corrected chi connectivity index (χ4v) is 4.04. The van der Waals surface area contributed by atoms with Crippen molar-refractivity contribution in [2.24, 2.45) is 0 Å². The van der Waals surface area contributed by atoms with Gasteiger partial charge in [-0.25, -0.2) is 13.3 Å². The molecule has 8 heteroatoms. The maximum Gasteiger partial charge on any atom is 0.243 e. The molecular weight excluding hydrogens is 320 g/mol. The zero-order valence-electron chi connectivity index (χ0n) is 13.4. The molecule has 0 atom stereocenters. The van der Waals surface area contributed by atoms with Crippen molar-refractivity contribution in [1.29, 1.82) is 0 Å². The zero-order valence-corrected chi connectivity index (χ0v) is 14.2. The lowest BCUT2D eigenvalue weighted by molar-refractivity contribution is -0.121. The number of anilines is 1. The number of rotatable bonds is 6. The Bertz CT molecular complexity index is 709. The Morgan fingerprint density at radius 3 is 2.17 bits per heavy atom. The summed E-state index contributed by atoms with van der Waals surface area (Å²) in [5.74, 6) is -0.427. The van der Waals surface area contributed by atoms with Crippen molar-refractivity contribution in [3.63, 3.8) is 0 Å². The van der Waals surface area contributed by atoms with E-state index in [4.69, 9.17) is 4.74 Å². The van der Waals surface area contributed by atoms with E-state index in [0.717, 1.165) is 4.90 Å². The summed E-state index contributed by atoms with van der Waals surface area (Å²) in [5.41, 5.74) is 0.174. The first-order valence-electron chi connectivity index (χ1n) is 7.40. The summed E-state index contributed by atoms with van der Waals surface area (Å²) < 4.78 is 31.7. The molecule has 1 aromatic carbocycles. The van der Waals surface area contributed by atoms with Crippen LogP contribution >= 0.6 is 0 Å². The molecule has 1 aromatic rings. The largest absolute Gasteiger partial charge is 0.495 e. The topological polar surface area (TPSA) is 84.0 Å². The van der Waals surface area contributed by atoms with Gasteiger partial charge >= 0.3 is 0 Å². The molecular formula is C15H20N2O5S. The summed E-state index contributed by atoms with van der Waals surface area (Å²) >= 11 is 0. The average molecular weight is 340 g/mol. The number of ether oxygens (including phenoxy) is 1. The number of carbonyl (C=O) groups is 2. The van der Waals surface area contributed by atoms with E-state index in [2.05, 4.69) is 0 Å². The van der Waals surface area contributed by atoms with Crippen LogP contribution in [0.3, 0.4) is 0 Å². The molecule has 2 rings (SSSR count). The molecule has 0 radical (unpaired) electrons. The molecule has 0 N–H and O–H groups in total. The summed E-state index contributed by atoms with van der Waals surface area (Å²) in [6.07, 6.45) is 0.240. The van der Waals surface area contributed by atoms with E-state index >= 15 is 0 Å². The molecule has 0 bridgehead atoms. The van der Waals surface area contributed by atoms with Crippen molar-refractivity contribution in [2.45, 2.75) is 31.6 Å². The number of benzene rings is 1. The molecule has 1 heterocycles. The Hall–Kier alpha value is -1.93. The summed E-state index contributed by atoms with van der Waals surface area (Å²) in [6, 6.07) is 4.21.